The fourth-order valence-corrected chi connectivity index (χ4v) is 15.4. The summed E-state index contributed by atoms with van der Waals surface area (Å²) in [4.78, 5) is 117. The number of likely N-dealkylation sites (tertiary alicyclic amines) is 1. The van der Waals surface area contributed by atoms with Gasteiger partial charge in [0.2, 0.25) is 47.3 Å². The van der Waals surface area contributed by atoms with Gasteiger partial charge in [-0.05, 0) is 83.5 Å². The summed E-state index contributed by atoms with van der Waals surface area (Å²) in [6.45, 7) is 4.22. The summed E-state index contributed by atoms with van der Waals surface area (Å²) in [6, 6.07) is -3.19. The molecule has 42 heteroatoms. The van der Waals surface area contributed by atoms with Gasteiger partial charge in [0.15, 0.2) is 18.9 Å². The Morgan fingerprint density at radius 2 is 0.831 bits per heavy atom. The van der Waals surface area contributed by atoms with Gasteiger partial charge in [-0.1, -0.05) is 102 Å². The van der Waals surface area contributed by atoms with E-state index in [4.69, 9.17) is 47.2 Å². The number of ether oxygens (including phenoxy) is 9. The van der Waals surface area contributed by atoms with E-state index in [2.05, 4.69) is 52.1 Å². The van der Waals surface area contributed by atoms with Crippen LogP contribution in [-0.2, 0) is 108 Å². The van der Waals surface area contributed by atoms with Crippen molar-refractivity contribution in [1.29, 1.82) is 0 Å². The van der Waals surface area contributed by atoms with Crippen LogP contribution in [0.15, 0.2) is 6.20 Å². The molecule has 4 aliphatic heterocycles. The third kappa shape index (κ3) is 43.1. The van der Waals surface area contributed by atoms with Gasteiger partial charge in [0.1, 0.15) is 78.6 Å². The number of hydrogen-bond acceptors (Lipinski definition) is 32. The van der Waals surface area contributed by atoms with Crippen LogP contribution in [0.5, 0.6) is 0 Å². The summed E-state index contributed by atoms with van der Waals surface area (Å²) in [6.07, 6.45) is 8.57. The van der Waals surface area contributed by atoms with Crippen LogP contribution in [0.1, 0.15) is 226 Å². The van der Waals surface area contributed by atoms with Gasteiger partial charge in [-0.2, -0.15) is 0 Å². The number of phosphoric acid groups is 1. The van der Waals surface area contributed by atoms with Crippen LogP contribution in [0.2, 0.25) is 0 Å². The molecular formula is C82H147N11O30P-. The minimum Gasteiger partial charge on any atom is -0.756 e. The highest BCUT2D eigenvalue weighted by atomic mass is 31.2. The van der Waals surface area contributed by atoms with E-state index in [1.165, 1.54) is 20.8 Å². The van der Waals surface area contributed by atoms with Crippen molar-refractivity contribution in [2.45, 2.75) is 330 Å². The third-order valence-corrected chi connectivity index (χ3v) is 23.1. The number of carbonyl (C=O) groups is 8. The highest BCUT2D eigenvalue weighted by molar-refractivity contribution is 7.45. The zero-order chi connectivity index (χ0) is 90.5. The molecule has 8 amide bonds. The number of amides is 8. The van der Waals surface area contributed by atoms with Crippen LogP contribution >= 0.6 is 7.82 Å². The number of aliphatic hydroxyl groups excluding tert-OH is 9. The molecule has 0 spiro atoms. The number of nitrogens with zero attached hydrogens (tertiary/aromatic N) is 4. The number of rotatable bonds is 68. The fourth-order valence-electron chi connectivity index (χ4n) is 14.9. The van der Waals surface area contributed by atoms with Crippen LogP contribution in [-0.4, -0.2) is 336 Å². The van der Waals surface area contributed by atoms with Crippen molar-refractivity contribution in [3.8, 4) is 0 Å². The number of piperidine rings is 1. The van der Waals surface area contributed by atoms with E-state index < -0.39 is 149 Å². The second-order valence-electron chi connectivity index (χ2n) is 32.6. The standard InChI is InChI=1S/C82H148N11O30P/c1-57(97)86-69-75(107)72(104)62(51-94)121-79(69)117-43-26-17-12-22-37-83-65(100)34-47-114-54-82(55-115-48-35-66(101)84-38-23-13-18-27-44-118-80-70(87-58(2)98)76(108)73(105)63(52-95)122-80,56-116-49-36-67(102)85-39-24-14-19-28-45-119-81-71(88-59(3)99)77(109)74(106)64(53-96)123-81)89-78(110)60-32-41-92(42-33-60)68(103)31-21-11-9-15-25-40-93-50-61(90-91-93)30-20-10-7-5-6-8-16-29-46-120-124(111,112)113-4/h50,60,62-64,69-77,79-81,94-96,104-109H,5-49,51-56H2,1-4H3,(H,83,100)(H,84,101)(H,85,102)(H,86,97)(H,87,98)(H,88,99)(H,89,110)(H,111,112)/p-1. The van der Waals surface area contributed by atoms with Crippen molar-refractivity contribution in [1.82, 2.24) is 57.1 Å². The van der Waals surface area contributed by atoms with E-state index in [0.717, 1.165) is 103 Å². The van der Waals surface area contributed by atoms with Gasteiger partial charge in [0, 0.05) is 125 Å². The van der Waals surface area contributed by atoms with Crippen molar-refractivity contribution in [2.24, 2.45) is 5.92 Å². The molecule has 16 unspecified atom stereocenters. The summed E-state index contributed by atoms with van der Waals surface area (Å²) in [5.41, 5.74) is -0.465. The molecule has 0 saturated carbocycles. The predicted octanol–water partition coefficient (Wildman–Crippen LogP) is -0.362. The van der Waals surface area contributed by atoms with E-state index >= 15 is 0 Å². The SMILES string of the molecule is COP(=O)([O-])OCCCCCCCCCCc1cn(CCCCCCCC(=O)N2CCC(C(=O)NC(COCCC(=O)NCCCCCCOC3OC(CO)C(O)C(O)C3NC(C)=O)(COCCC(=O)NCCCCCCOC3OC(CO)C(O)C(O)C3NC(C)=O)COCCC(=O)NCCCCCCOC3OC(CO)C(O)C(O)C3NC(C)=O)CC2)nn1. The van der Waals surface area contributed by atoms with Crippen LogP contribution in [0.25, 0.3) is 0 Å². The average Bonchev–Trinajstić information content (AvgIpc) is 0.934. The molecule has 1 aromatic rings. The lowest BCUT2D eigenvalue weighted by Crippen LogP contribution is -2.64. The molecule has 5 rings (SSSR count). The van der Waals surface area contributed by atoms with Gasteiger partial charge in [-0.15, -0.1) is 5.10 Å². The molecule has 716 valence electrons. The molecule has 5 heterocycles. The normalized spacial score (nSPS) is 24.6. The Bertz CT molecular complexity index is 3000. The minimum absolute atomic E-state index is 0.0130. The zero-order valence-electron chi connectivity index (χ0n) is 73.2. The Balaban J connectivity index is 1.13. The fraction of sp³-hybridized carbons (Fsp3) is 0.878. The molecule has 41 nitrogen and oxygen atoms in total. The second-order valence-corrected chi connectivity index (χ2v) is 34.1. The lowest BCUT2D eigenvalue weighted by molar-refractivity contribution is -0.270. The molecule has 0 radical (unpaired) electrons. The van der Waals surface area contributed by atoms with Gasteiger partial charge < -0.3 is 145 Å². The number of aromatic nitrogens is 3. The lowest BCUT2D eigenvalue weighted by atomic mass is 9.93. The molecule has 0 bridgehead atoms. The van der Waals surface area contributed by atoms with E-state index in [9.17, 15) is 93.8 Å². The Hall–Kier alpha value is -5.71. The van der Waals surface area contributed by atoms with Crippen LogP contribution in [0.4, 0.5) is 0 Å². The number of unbranched alkanes of at least 4 members (excludes halogenated alkanes) is 20. The first-order valence-corrected chi connectivity index (χ1v) is 46.2. The lowest BCUT2D eigenvalue weighted by Gasteiger charge is -2.42. The molecule has 124 heavy (non-hydrogen) atoms. The smallest absolute Gasteiger partial charge is 0.267 e. The maximum atomic E-state index is 14.7. The minimum atomic E-state index is -4.16. The van der Waals surface area contributed by atoms with Crippen LogP contribution in [0, 0.1) is 5.92 Å². The number of nitrogens with one attached hydrogen (secondary N) is 7. The van der Waals surface area contributed by atoms with Gasteiger partial charge in [0.05, 0.1) is 71.8 Å². The second kappa shape index (κ2) is 62.5. The summed E-state index contributed by atoms with van der Waals surface area (Å²) in [7, 11) is -3.08. The van der Waals surface area contributed by atoms with Crippen LogP contribution in [0.3, 0.4) is 0 Å². The van der Waals surface area contributed by atoms with Gasteiger partial charge in [-0.25, -0.2) is 0 Å². The monoisotopic (exact) mass is 1800 g/mol. The molecule has 4 aliphatic rings. The molecule has 16 N–H and O–H groups in total. The maximum Gasteiger partial charge on any atom is 0.267 e. The molecule has 0 aromatic carbocycles. The molecule has 16 atom stereocenters. The summed E-state index contributed by atoms with van der Waals surface area (Å²) in [5, 5.41) is 120. The van der Waals surface area contributed by atoms with E-state index in [1.54, 1.807) is 4.90 Å². The number of aryl methyl sites for hydroxylation is 2. The summed E-state index contributed by atoms with van der Waals surface area (Å²) >= 11 is 0. The summed E-state index contributed by atoms with van der Waals surface area (Å²) in [5.74, 6) is -3.21. The Kier molecular flexibility index (Phi) is 54.9. The third-order valence-electron chi connectivity index (χ3n) is 22.1. The molecule has 4 saturated heterocycles. The first kappa shape index (κ1) is 109. The average molecular weight is 1800 g/mol. The van der Waals surface area contributed by atoms with E-state index in [0.29, 0.717) is 135 Å². The van der Waals surface area contributed by atoms with Crippen molar-refractivity contribution in [3.63, 3.8) is 0 Å². The highest BCUT2D eigenvalue weighted by Crippen LogP contribution is 2.37. The van der Waals surface area contributed by atoms with Crippen molar-refractivity contribution in [2.75, 3.05) is 126 Å². The first-order chi connectivity index (χ1) is 59.6. The molecule has 1 aromatic heterocycles. The molecule has 4 fully saturated rings. The quantitative estimate of drug-likeness (QED) is 0.0292. The van der Waals surface area contributed by atoms with Gasteiger partial charge >= 0.3 is 0 Å². The van der Waals surface area contributed by atoms with Crippen LogP contribution < -0.4 is 42.1 Å². The first-order valence-electron chi connectivity index (χ1n) is 44.7. The van der Waals surface area contributed by atoms with Gasteiger partial charge in [-0.3, -0.25) is 47.6 Å². The van der Waals surface area contributed by atoms with Crippen molar-refractivity contribution in [3.05, 3.63) is 11.9 Å². The zero-order valence-corrected chi connectivity index (χ0v) is 74.1. The predicted molar refractivity (Wildman–Crippen MR) is 444 cm³/mol. The number of aliphatic hydroxyl groups is 9. The van der Waals surface area contributed by atoms with E-state index in [-0.39, 0.29) is 115 Å². The van der Waals surface area contributed by atoms with Crippen molar-refractivity contribution < 1.29 is 145 Å². The Morgan fingerprint density at radius 1 is 0.476 bits per heavy atom. The highest BCUT2D eigenvalue weighted by Gasteiger charge is 2.48. The maximum absolute atomic E-state index is 14.7. The van der Waals surface area contributed by atoms with E-state index in [1.807, 2.05) is 10.9 Å². The number of carbonyl (C=O) groups excluding carboxylic acids is 8. The Labute approximate surface area is 728 Å². The number of phosphoric ester groups is 1. The summed E-state index contributed by atoms with van der Waals surface area (Å²) < 4.78 is 75.3. The molecular weight excluding hydrogens is 1650 g/mol. The number of hydrogen-bond donors (Lipinski definition) is 16. The topological polar surface area (TPSA) is 578 Å². The van der Waals surface area contributed by atoms with Gasteiger partial charge in [0.25, 0.3) is 7.82 Å². The largest absolute Gasteiger partial charge is 0.756 e. The molecule has 0 aliphatic carbocycles. The van der Waals surface area contributed by atoms with Crippen molar-refractivity contribution >= 4 is 55.1 Å². The Morgan fingerprint density at radius 3 is 1.21 bits per heavy atom.